The first kappa shape index (κ1) is 20.2. The summed E-state index contributed by atoms with van der Waals surface area (Å²) in [5.74, 6) is 0. The molecule has 0 radical (unpaired) electrons. The van der Waals surface area contributed by atoms with Crippen molar-refractivity contribution in [3.05, 3.63) is 42.1 Å². The number of pyridine rings is 1. The van der Waals surface area contributed by atoms with Crippen LogP contribution in [-0.2, 0) is 0 Å². The molecule has 1 saturated heterocycles. The van der Waals surface area contributed by atoms with E-state index >= 15 is 0 Å². The van der Waals surface area contributed by atoms with Crippen LogP contribution in [0.2, 0.25) is 0 Å². The maximum atomic E-state index is 4.96. The Labute approximate surface area is 151 Å². The summed E-state index contributed by atoms with van der Waals surface area (Å²) in [5, 5.41) is 4.66. The van der Waals surface area contributed by atoms with Crippen molar-refractivity contribution >= 4 is 35.7 Å². The monoisotopic (exact) mass is 355 g/mol. The van der Waals surface area contributed by atoms with E-state index in [1.165, 1.54) is 11.1 Å². The van der Waals surface area contributed by atoms with E-state index in [-0.39, 0.29) is 30.2 Å². The lowest BCUT2D eigenvalue weighted by molar-refractivity contribution is 0.0834. The van der Waals surface area contributed by atoms with Crippen molar-refractivity contribution in [1.82, 2.24) is 15.2 Å². The van der Waals surface area contributed by atoms with Crippen molar-refractivity contribution in [2.75, 3.05) is 26.2 Å². The number of halogens is 2. The van der Waals surface area contributed by atoms with Gasteiger partial charge < -0.3 is 5.32 Å². The molecule has 1 aromatic heterocycles. The lowest BCUT2D eigenvalue weighted by atomic mass is 9.83. The fourth-order valence-electron chi connectivity index (χ4n) is 3.35. The van der Waals surface area contributed by atoms with Gasteiger partial charge in [0.05, 0.1) is 17.3 Å². The largest absolute Gasteiger partial charge is 0.314 e. The molecule has 0 unspecified atom stereocenters. The zero-order valence-electron chi connectivity index (χ0n) is 14.1. The van der Waals surface area contributed by atoms with Crippen molar-refractivity contribution in [2.45, 2.75) is 26.8 Å². The molecule has 1 atom stereocenters. The lowest BCUT2D eigenvalue weighted by Gasteiger charge is -2.42. The van der Waals surface area contributed by atoms with Gasteiger partial charge in [0.15, 0.2) is 0 Å². The van der Waals surface area contributed by atoms with Crippen molar-refractivity contribution < 1.29 is 0 Å². The van der Waals surface area contributed by atoms with Crippen LogP contribution in [0.3, 0.4) is 0 Å². The molecular formula is C18H27Cl2N3. The van der Waals surface area contributed by atoms with Crippen LogP contribution >= 0.6 is 24.8 Å². The Kier molecular flexibility index (Phi) is 7.28. The van der Waals surface area contributed by atoms with Gasteiger partial charge in [-0.2, -0.15) is 0 Å². The molecule has 23 heavy (non-hydrogen) atoms. The van der Waals surface area contributed by atoms with Crippen molar-refractivity contribution in [1.29, 1.82) is 0 Å². The summed E-state index contributed by atoms with van der Waals surface area (Å²) < 4.78 is 0. The maximum absolute atomic E-state index is 4.96. The van der Waals surface area contributed by atoms with Crippen LogP contribution < -0.4 is 5.32 Å². The first-order chi connectivity index (χ1) is 10.1. The number of para-hydroxylation sites is 1. The van der Waals surface area contributed by atoms with E-state index in [1.54, 1.807) is 0 Å². The van der Waals surface area contributed by atoms with Gasteiger partial charge >= 0.3 is 0 Å². The van der Waals surface area contributed by atoms with E-state index in [0.29, 0.717) is 6.04 Å². The molecule has 2 heterocycles. The summed E-state index contributed by atoms with van der Waals surface area (Å²) in [6.45, 7) is 11.3. The Morgan fingerprint density at radius 2 is 1.65 bits per heavy atom. The first-order valence-corrected chi connectivity index (χ1v) is 7.86. The number of hydrogen-bond donors (Lipinski definition) is 1. The van der Waals surface area contributed by atoms with Gasteiger partial charge in [0.2, 0.25) is 0 Å². The number of piperazine rings is 1. The average molecular weight is 356 g/mol. The molecule has 1 aliphatic rings. The molecular weight excluding hydrogens is 329 g/mol. The zero-order valence-corrected chi connectivity index (χ0v) is 15.7. The number of benzene rings is 1. The summed E-state index contributed by atoms with van der Waals surface area (Å²) in [6.07, 6.45) is 0. The van der Waals surface area contributed by atoms with Crippen LogP contribution in [0.1, 0.15) is 32.5 Å². The van der Waals surface area contributed by atoms with Crippen molar-refractivity contribution in [3.8, 4) is 0 Å². The highest BCUT2D eigenvalue weighted by Crippen LogP contribution is 2.37. The molecule has 3 nitrogen and oxygen atoms in total. The first-order valence-electron chi connectivity index (χ1n) is 7.86. The molecule has 0 aliphatic carbocycles. The molecule has 128 valence electrons. The third-order valence-electron chi connectivity index (χ3n) is 4.24. The van der Waals surface area contributed by atoms with Crippen LogP contribution in [0.25, 0.3) is 10.9 Å². The van der Waals surface area contributed by atoms with Crippen LogP contribution in [0.4, 0.5) is 0 Å². The second kappa shape index (κ2) is 8.29. The van der Waals surface area contributed by atoms with E-state index in [1.807, 2.05) is 0 Å². The Bertz CT molecular complexity index is 619. The fraction of sp³-hybridized carbons (Fsp3) is 0.500. The van der Waals surface area contributed by atoms with Gasteiger partial charge in [0.1, 0.15) is 0 Å². The molecule has 1 N–H and O–H groups in total. The number of nitrogens with one attached hydrogen (secondary N) is 1. The molecule has 0 spiro atoms. The summed E-state index contributed by atoms with van der Waals surface area (Å²) in [6, 6.07) is 13.2. The normalized spacial score (nSPS) is 17.2. The second-order valence-electron chi connectivity index (χ2n) is 6.98. The maximum Gasteiger partial charge on any atom is 0.0706 e. The lowest BCUT2D eigenvalue weighted by Crippen LogP contribution is -2.48. The zero-order chi connectivity index (χ0) is 14.9. The van der Waals surface area contributed by atoms with Gasteiger partial charge in [-0.05, 0) is 17.5 Å². The van der Waals surface area contributed by atoms with Crippen LogP contribution in [0.5, 0.6) is 0 Å². The molecule has 1 aromatic carbocycles. The molecule has 1 aliphatic heterocycles. The Morgan fingerprint density at radius 1 is 1.00 bits per heavy atom. The van der Waals surface area contributed by atoms with E-state index < -0.39 is 0 Å². The van der Waals surface area contributed by atoms with Gasteiger partial charge in [-0.15, -0.1) is 24.8 Å². The fourth-order valence-corrected chi connectivity index (χ4v) is 3.35. The molecule has 0 bridgehead atoms. The minimum atomic E-state index is 0. The predicted molar refractivity (Wildman–Crippen MR) is 103 cm³/mol. The third-order valence-corrected chi connectivity index (χ3v) is 4.24. The number of rotatable bonds is 2. The molecule has 2 aromatic rings. The smallest absolute Gasteiger partial charge is 0.0706 e. The minimum absolute atomic E-state index is 0. The Balaban J connectivity index is 0.00000132. The van der Waals surface area contributed by atoms with E-state index in [2.05, 4.69) is 67.4 Å². The number of aromatic nitrogens is 1. The SMILES string of the molecule is CC(C)(C)[C@@H](c1ccc2ccccc2n1)N1CCNCC1.Cl.Cl. The third kappa shape index (κ3) is 4.57. The average Bonchev–Trinajstić information content (AvgIpc) is 2.47. The topological polar surface area (TPSA) is 28.2 Å². The van der Waals surface area contributed by atoms with Crippen LogP contribution in [0.15, 0.2) is 36.4 Å². The summed E-state index contributed by atoms with van der Waals surface area (Å²) >= 11 is 0. The second-order valence-corrected chi connectivity index (χ2v) is 6.98. The van der Waals surface area contributed by atoms with Crippen LogP contribution in [0, 0.1) is 5.41 Å². The molecule has 0 saturated carbocycles. The summed E-state index contributed by atoms with van der Waals surface area (Å²) in [4.78, 5) is 7.53. The summed E-state index contributed by atoms with van der Waals surface area (Å²) in [7, 11) is 0. The molecule has 3 rings (SSSR count). The quantitative estimate of drug-likeness (QED) is 0.879. The van der Waals surface area contributed by atoms with Gasteiger partial charge in [-0.25, -0.2) is 0 Å². The summed E-state index contributed by atoms with van der Waals surface area (Å²) in [5.41, 5.74) is 2.47. The standard InChI is InChI=1S/C18H25N3.2ClH/c1-18(2,3)17(21-12-10-19-11-13-21)16-9-8-14-6-4-5-7-15(14)20-16;;/h4-9,17,19H,10-13H2,1-3H3;2*1H/t17-;;/m1../s1. The highest BCUT2D eigenvalue weighted by Gasteiger charge is 2.33. The Hall–Kier alpha value is -0.870. The van der Waals surface area contributed by atoms with E-state index in [0.717, 1.165) is 31.7 Å². The van der Waals surface area contributed by atoms with E-state index in [9.17, 15) is 0 Å². The molecule has 5 heteroatoms. The minimum Gasteiger partial charge on any atom is -0.314 e. The Morgan fingerprint density at radius 3 is 2.30 bits per heavy atom. The van der Waals surface area contributed by atoms with Crippen molar-refractivity contribution in [3.63, 3.8) is 0 Å². The predicted octanol–water partition coefficient (Wildman–Crippen LogP) is 4.07. The number of fused-ring (bicyclic) bond motifs is 1. The highest BCUT2D eigenvalue weighted by atomic mass is 35.5. The van der Waals surface area contributed by atoms with Gasteiger partial charge in [0.25, 0.3) is 0 Å². The van der Waals surface area contributed by atoms with E-state index in [4.69, 9.17) is 4.98 Å². The van der Waals surface area contributed by atoms with Gasteiger partial charge in [0, 0.05) is 31.6 Å². The van der Waals surface area contributed by atoms with Gasteiger partial charge in [-0.1, -0.05) is 45.0 Å². The molecule has 1 fully saturated rings. The molecule has 0 amide bonds. The van der Waals surface area contributed by atoms with Crippen LogP contribution in [-0.4, -0.2) is 36.1 Å². The van der Waals surface area contributed by atoms with Gasteiger partial charge in [-0.3, -0.25) is 9.88 Å². The highest BCUT2D eigenvalue weighted by molar-refractivity contribution is 5.85. The number of nitrogens with zero attached hydrogens (tertiary/aromatic N) is 2. The number of hydrogen-bond acceptors (Lipinski definition) is 3. The van der Waals surface area contributed by atoms with Crippen molar-refractivity contribution in [2.24, 2.45) is 5.41 Å².